The molecule has 0 aliphatic rings. The van der Waals surface area contributed by atoms with Crippen LogP contribution in [0.2, 0.25) is 0 Å². The van der Waals surface area contributed by atoms with Crippen molar-refractivity contribution < 1.29 is 4.74 Å². The lowest BCUT2D eigenvalue weighted by molar-refractivity contribution is 0.398. The fourth-order valence-corrected chi connectivity index (χ4v) is 1.33. The molecule has 0 spiro atoms. The van der Waals surface area contributed by atoms with Crippen molar-refractivity contribution in [3.05, 3.63) is 36.2 Å². The summed E-state index contributed by atoms with van der Waals surface area (Å²) >= 11 is 0. The first-order chi connectivity index (χ1) is 8.28. The molecule has 0 fully saturated rings. The van der Waals surface area contributed by atoms with Crippen molar-refractivity contribution in [1.29, 1.82) is 0 Å². The van der Waals surface area contributed by atoms with Crippen LogP contribution in [0.25, 0.3) is 0 Å². The predicted molar refractivity (Wildman–Crippen MR) is 64.6 cm³/mol. The fourth-order valence-electron chi connectivity index (χ4n) is 1.33. The minimum absolute atomic E-state index is 0.179. The van der Waals surface area contributed by atoms with Gasteiger partial charge in [0.05, 0.1) is 7.11 Å². The first-order valence-electron chi connectivity index (χ1n) is 5.09. The van der Waals surface area contributed by atoms with E-state index in [1.54, 1.807) is 18.5 Å². The molecule has 0 amide bonds. The predicted octanol–water partition coefficient (Wildman–Crippen LogP) is 1.07. The van der Waals surface area contributed by atoms with Crippen molar-refractivity contribution in [2.75, 3.05) is 18.2 Å². The van der Waals surface area contributed by atoms with Crippen LogP contribution in [0.4, 0.5) is 11.8 Å². The molecule has 2 aromatic rings. The van der Waals surface area contributed by atoms with Gasteiger partial charge in [0, 0.05) is 25.0 Å². The summed E-state index contributed by atoms with van der Waals surface area (Å²) in [5, 5.41) is 3.13. The molecule has 2 rings (SSSR count). The average Bonchev–Trinajstić information content (AvgIpc) is 2.37. The number of ether oxygens (including phenoxy) is 1. The molecular weight excluding hydrogens is 218 g/mol. The van der Waals surface area contributed by atoms with Crippen molar-refractivity contribution in [2.24, 2.45) is 0 Å². The van der Waals surface area contributed by atoms with Crippen LogP contribution in [-0.4, -0.2) is 22.1 Å². The number of aromatic nitrogens is 3. The van der Waals surface area contributed by atoms with E-state index in [0.717, 1.165) is 5.56 Å². The molecule has 6 heteroatoms. The summed E-state index contributed by atoms with van der Waals surface area (Å²) in [6, 6.07) is 5.54. The number of hydrogen-bond acceptors (Lipinski definition) is 6. The number of anilines is 2. The second kappa shape index (κ2) is 5.11. The van der Waals surface area contributed by atoms with Gasteiger partial charge in [0.15, 0.2) is 0 Å². The maximum absolute atomic E-state index is 5.55. The monoisotopic (exact) mass is 231 g/mol. The average molecular weight is 231 g/mol. The van der Waals surface area contributed by atoms with Crippen molar-refractivity contribution in [3.8, 4) is 5.88 Å². The summed E-state index contributed by atoms with van der Waals surface area (Å²) < 4.78 is 5.00. The van der Waals surface area contributed by atoms with E-state index in [0.29, 0.717) is 18.2 Å². The fraction of sp³-hybridized carbons (Fsp3) is 0.182. The number of nitrogens with two attached hydrogens (primary N) is 1. The van der Waals surface area contributed by atoms with Crippen molar-refractivity contribution in [2.45, 2.75) is 6.54 Å². The zero-order valence-corrected chi connectivity index (χ0v) is 9.42. The van der Waals surface area contributed by atoms with Crippen LogP contribution in [0.15, 0.2) is 30.6 Å². The molecule has 0 unspecified atom stereocenters. The zero-order valence-electron chi connectivity index (χ0n) is 9.42. The zero-order chi connectivity index (χ0) is 12.1. The Morgan fingerprint density at radius 2 is 2.29 bits per heavy atom. The van der Waals surface area contributed by atoms with Crippen LogP contribution >= 0.6 is 0 Å². The molecule has 0 saturated carbocycles. The highest BCUT2D eigenvalue weighted by molar-refractivity contribution is 5.43. The number of nitrogen functional groups attached to an aromatic ring is 1. The molecule has 0 radical (unpaired) electrons. The van der Waals surface area contributed by atoms with Crippen LogP contribution in [0.5, 0.6) is 5.88 Å². The minimum atomic E-state index is 0.179. The molecule has 0 bridgehead atoms. The van der Waals surface area contributed by atoms with Gasteiger partial charge in [0.1, 0.15) is 5.82 Å². The smallest absolute Gasteiger partial charge is 0.225 e. The molecule has 0 aliphatic carbocycles. The third-order valence-electron chi connectivity index (χ3n) is 2.13. The van der Waals surface area contributed by atoms with Gasteiger partial charge < -0.3 is 15.8 Å². The van der Waals surface area contributed by atoms with E-state index in [9.17, 15) is 0 Å². The number of pyridine rings is 1. The third kappa shape index (κ3) is 3.04. The maximum Gasteiger partial charge on any atom is 0.225 e. The molecule has 17 heavy (non-hydrogen) atoms. The summed E-state index contributed by atoms with van der Waals surface area (Å²) in [7, 11) is 1.53. The van der Waals surface area contributed by atoms with E-state index in [4.69, 9.17) is 10.5 Å². The maximum atomic E-state index is 5.55. The van der Waals surface area contributed by atoms with Crippen LogP contribution in [-0.2, 0) is 6.54 Å². The molecule has 0 aliphatic heterocycles. The Kier molecular flexibility index (Phi) is 3.34. The second-order valence-electron chi connectivity index (χ2n) is 3.37. The SMILES string of the molecule is COc1cc(NCc2cccnc2)nc(N)n1. The minimum Gasteiger partial charge on any atom is -0.481 e. The van der Waals surface area contributed by atoms with E-state index < -0.39 is 0 Å². The quantitative estimate of drug-likeness (QED) is 0.818. The molecule has 0 atom stereocenters. The standard InChI is InChI=1S/C11H13N5O/c1-17-10-5-9(15-11(12)16-10)14-7-8-3-2-4-13-6-8/h2-6H,7H2,1H3,(H3,12,14,15,16). The summed E-state index contributed by atoms with van der Waals surface area (Å²) in [5.74, 6) is 1.24. The first-order valence-corrected chi connectivity index (χ1v) is 5.09. The van der Waals surface area contributed by atoms with Gasteiger partial charge in [0.25, 0.3) is 0 Å². The highest BCUT2D eigenvalue weighted by Gasteiger charge is 2.02. The topological polar surface area (TPSA) is 86.0 Å². The Morgan fingerprint density at radius 1 is 1.41 bits per heavy atom. The van der Waals surface area contributed by atoms with Gasteiger partial charge in [-0.25, -0.2) is 0 Å². The second-order valence-corrected chi connectivity index (χ2v) is 3.37. The third-order valence-corrected chi connectivity index (χ3v) is 2.13. The van der Waals surface area contributed by atoms with E-state index >= 15 is 0 Å². The Morgan fingerprint density at radius 3 is 3.00 bits per heavy atom. The lowest BCUT2D eigenvalue weighted by atomic mass is 10.3. The summed E-state index contributed by atoms with van der Waals surface area (Å²) in [5.41, 5.74) is 6.61. The van der Waals surface area contributed by atoms with E-state index in [2.05, 4.69) is 20.3 Å². The molecule has 2 heterocycles. The number of methoxy groups -OCH3 is 1. The van der Waals surface area contributed by atoms with Gasteiger partial charge in [-0.3, -0.25) is 4.98 Å². The lowest BCUT2D eigenvalue weighted by Gasteiger charge is -2.07. The van der Waals surface area contributed by atoms with Crippen LogP contribution in [0, 0.1) is 0 Å². The van der Waals surface area contributed by atoms with Crippen molar-refractivity contribution in [3.63, 3.8) is 0 Å². The summed E-state index contributed by atoms with van der Waals surface area (Å²) in [6.45, 7) is 0.618. The van der Waals surface area contributed by atoms with Gasteiger partial charge in [-0.2, -0.15) is 9.97 Å². The normalized spacial score (nSPS) is 9.94. The number of rotatable bonds is 4. The molecule has 0 saturated heterocycles. The van der Waals surface area contributed by atoms with Crippen LogP contribution in [0.1, 0.15) is 5.56 Å². The van der Waals surface area contributed by atoms with Gasteiger partial charge in [0.2, 0.25) is 11.8 Å². The Bertz CT molecular complexity index is 488. The van der Waals surface area contributed by atoms with Gasteiger partial charge in [-0.15, -0.1) is 0 Å². The number of hydrogen-bond donors (Lipinski definition) is 2. The Labute approximate surface area is 98.9 Å². The highest BCUT2D eigenvalue weighted by Crippen LogP contribution is 2.14. The van der Waals surface area contributed by atoms with Crippen molar-refractivity contribution >= 4 is 11.8 Å². The van der Waals surface area contributed by atoms with Gasteiger partial charge in [-0.1, -0.05) is 6.07 Å². The molecule has 0 aromatic carbocycles. The summed E-state index contributed by atoms with van der Waals surface area (Å²) in [6.07, 6.45) is 3.52. The molecule has 6 nitrogen and oxygen atoms in total. The van der Waals surface area contributed by atoms with Crippen LogP contribution in [0.3, 0.4) is 0 Å². The molecule has 2 aromatic heterocycles. The van der Waals surface area contributed by atoms with Crippen LogP contribution < -0.4 is 15.8 Å². The van der Waals surface area contributed by atoms with E-state index in [1.807, 2.05) is 12.1 Å². The summed E-state index contributed by atoms with van der Waals surface area (Å²) in [4.78, 5) is 12.0. The Hall–Kier alpha value is -2.37. The first kappa shape index (κ1) is 11.1. The number of nitrogens with one attached hydrogen (secondary N) is 1. The van der Waals surface area contributed by atoms with Gasteiger partial charge >= 0.3 is 0 Å². The van der Waals surface area contributed by atoms with E-state index in [-0.39, 0.29) is 5.95 Å². The number of nitrogens with zero attached hydrogens (tertiary/aromatic N) is 3. The largest absolute Gasteiger partial charge is 0.481 e. The molecule has 88 valence electrons. The molecule has 3 N–H and O–H groups in total. The highest BCUT2D eigenvalue weighted by atomic mass is 16.5. The lowest BCUT2D eigenvalue weighted by Crippen LogP contribution is -2.05. The van der Waals surface area contributed by atoms with Gasteiger partial charge in [-0.05, 0) is 11.6 Å². The van der Waals surface area contributed by atoms with E-state index in [1.165, 1.54) is 7.11 Å². The van der Waals surface area contributed by atoms with Crippen molar-refractivity contribution in [1.82, 2.24) is 15.0 Å². The Balaban J connectivity index is 2.06. The molecular formula is C11H13N5O.